The Morgan fingerprint density at radius 1 is 1.07 bits per heavy atom. The summed E-state index contributed by atoms with van der Waals surface area (Å²) in [5.41, 5.74) is 2.00. The third kappa shape index (κ3) is 3.97. The van der Waals surface area contributed by atoms with Gasteiger partial charge >= 0.3 is 0 Å². The molecule has 3 aromatic rings. The molecule has 140 valence electrons. The van der Waals surface area contributed by atoms with Crippen molar-refractivity contribution in [3.05, 3.63) is 53.9 Å². The van der Waals surface area contributed by atoms with Gasteiger partial charge in [0.15, 0.2) is 11.5 Å². The van der Waals surface area contributed by atoms with Crippen molar-refractivity contribution in [1.29, 1.82) is 0 Å². The number of tetrazole rings is 1. The minimum Gasteiger partial charge on any atom is -0.493 e. The fourth-order valence-electron chi connectivity index (χ4n) is 2.59. The smallest absolute Gasteiger partial charge is 0.251 e. The van der Waals surface area contributed by atoms with Gasteiger partial charge in [-0.15, -0.1) is 5.10 Å². The van der Waals surface area contributed by atoms with E-state index in [0.29, 0.717) is 35.0 Å². The van der Waals surface area contributed by atoms with Crippen LogP contribution in [0.5, 0.6) is 17.2 Å². The van der Waals surface area contributed by atoms with E-state index in [9.17, 15) is 4.79 Å². The number of hydrogen-bond acceptors (Lipinski definition) is 7. The highest BCUT2D eigenvalue weighted by Gasteiger charge is 2.14. The summed E-state index contributed by atoms with van der Waals surface area (Å²) in [6.45, 7) is 0.296. The normalized spacial score (nSPS) is 10.3. The SMILES string of the molecule is COc1cc(CNC(=O)c2cccc(-n3cnnn3)c2)cc(OC)c1OC. The van der Waals surface area contributed by atoms with Crippen LogP contribution in [0.2, 0.25) is 0 Å². The number of nitrogens with zero attached hydrogens (tertiary/aromatic N) is 4. The van der Waals surface area contributed by atoms with E-state index in [1.54, 1.807) is 51.7 Å². The van der Waals surface area contributed by atoms with Crippen LogP contribution >= 0.6 is 0 Å². The van der Waals surface area contributed by atoms with Crippen molar-refractivity contribution in [2.45, 2.75) is 6.54 Å². The van der Waals surface area contributed by atoms with Gasteiger partial charge in [0.25, 0.3) is 5.91 Å². The second kappa shape index (κ2) is 8.17. The maximum Gasteiger partial charge on any atom is 0.251 e. The number of rotatable bonds is 7. The van der Waals surface area contributed by atoms with Crippen molar-refractivity contribution in [3.8, 4) is 22.9 Å². The monoisotopic (exact) mass is 369 g/mol. The minimum atomic E-state index is -0.223. The number of aromatic nitrogens is 4. The van der Waals surface area contributed by atoms with Gasteiger partial charge in [0, 0.05) is 12.1 Å². The number of ether oxygens (including phenoxy) is 3. The first kappa shape index (κ1) is 18.2. The fraction of sp³-hybridized carbons (Fsp3) is 0.222. The summed E-state index contributed by atoms with van der Waals surface area (Å²) < 4.78 is 17.4. The van der Waals surface area contributed by atoms with E-state index in [-0.39, 0.29) is 5.91 Å². The lowest BCUT2D eigenvalue weighted by molar-refractivity contribution is 0.0950. The summed E-state index contributed by atoms with van der Waals surface area (Å²) in [6.07, 6.45) is 1.47. The molecule has 0 saturated carbocycles. The average molecular weight is 369 g/mol. The van der Waals surface area contributed by atoms with Gasteiger partial charge in [-0.3, -0.25) is 4.79 Å². The molecule has 0 spiro atoms. The lowest BCUT2D eigenvalue weighted by atomic mass is 10.1. The summed E-state index contributed by atoms with van der Waals surface area (Å²) >= 11 is 0. The summed E-state index contributed by atoms with van der Waals surface area (Å²) in [4.78, 5) is 12.5. The Morgan fingerprint density at radius 3 is 2.41 bits per heavy atom. The topological polar surface area (TPSA) is 100 Å². The second-order valence-corrected chi connectivity index (χ2v) is 5.52. The molecular weight excluding hydrogens is 350 g/mol. The van der Waals surface area contributed by atoms with Crippen molar-refractivity contribution in [2.24, 2.45) is 0 Å². The van der Waals surface area contributed by atoms with E-state index in [4.69, 9.17) is 14.2 Å². The van der Waals surface area contributed by atoms with E-state index < -0.39 is 0 Å². The number of carbonyl (C=O) groups is 1. The van der Waals surface area contributed by atoms with Gasteiger partial charge in [-0.1, -0.05) is 6.07 Å². The average Bonchev–Trinajstić information content (AvgIpc) is 3.26. The molecule has 0 atom stereocenters. The fourth-order valence-corrected chi connectivity index (χ4v) is 2.59. The molecule has 0 aliphatic rings. The zero-order chi connectivity index (χ0) is 19.2. The van der Waals surface area contributed by atoms with Crippen LogP contribution in [-0.2, 0) is 6.54 Å². The van der Waals surface area contributed by atoms with Gasteiger partial charge in [0.1, 0.15) is 6.33 Å². The Labute approximate surface area is 155 Å². The molecule has 1 aromatic heterocycles. The summed E-state index contributed by atoms with van der Waals surface area (Å²) in [5.74, 6) is 1.34. The first-order valence-electron chi connectivity index (χ1n) is 8.06. The number of nitrogens with one attached hydrogen (secondary N) is 1. The van der Waals surface area contributed by atoms with Crippen LogP contribution in [-0.4, -0.2) is 47.4 Å². The van der Waals surface area contributed by atoms with E-state index in [2.05, 4.69) is 20.8 Å². The highest BCUT2D eigenvalue weighted by Crippen LogP contribution is 2.38. The van der Waals surface area contributed by atoms with Crippen LogP contribution in [0.1, 0.15) is 15.9 Å². The number of benzene rings is 2. The first-order chi connectivity index (χ1) is 13.2. The van der Waals surface area contributed by atoms with Crippen molar-refractivity contribution >= 4 is 5.91 Å². The molecule has 0 radical (unpaired) electrons. The third-order valence-electron chi connectivity index (χ3n) is 3.90. The lowest BCUT2D eigenvalue weighted by Crippen LogP contribution is -2.23. The molecule has 0 aliphatic carbocycles. The molecule has 1 amide bonds. The van der Waals surface area contributed by atoms with Gasteiger partial charge in [0.05, 0.1) is 27.0 Å². The maximum atomic E-state index is 12.5. The zero-order valence-corrected chi connectivity index (χ0v) is 15.2. The maximum absolute atomic E-state index is 12.5. The summed E-state index contributed by atoms with van der Waals surface area (Å²) in [6, 6.07) is 10.6. The number of carbonyl (C=O) groups excluding carboxylic acids is 1. The molecule has 9 nitrogen and oxygen atoms in total. The molecule has 3 rings (SSSR count). The molecule has 1 N–H and O–H groups in total. The molecule has 0 fully saturated rings. The molecule has 0 unspecified atom stereocenters. The van der Waals surface area contributed by atoms with E-state index >= 15 is 0 Å². The highest BCUT2D eigenvalue weighted by atomic mass is 16.5. The van der Waals surface area contributed by atoms with Crippen LogP contribution in [0, 0.1) is 0 Å². The van der Waals surface area contributed by atoms with Crippen LogP contribution in [0.15, 0.2) is 42.7 Å². The van der Waals surface area contributed by atoms with Crippen LogP contribution < -0.4 is 19.5 Å². The van der Waals surface area contributed by atoms with Crippen molar-refractivity contribution in [1.82, 2.24) is 25.5 Å². The van der Waals surface area contributed by atoms with E-state index in [0.717, 1.165) is 5.56 Å². The van der Waals surface area contributed by atoms with Crippen molar-refractivity contribution in [3.63, 3.8) is 0 Å². The van der Waals surface area contributed by atoms with E-state index in [1.807, 2.05) is 6.07 Å². The molecule has 0 saturated heterocycles. The summed E-state index contributed by atoms with van der Waals surface area (Å²) in [5, 5.41) is 13.9. The van der Waals surface area contributed by atoms with Crippen LogP contribution in [0.3, 0.4) is 0 Å². The molecule has 27 heavy (non-hydrogen) atoms. The standard InChI is InChI=1S/C18H19N5O4/c1-25-15-7-12(8-16(26-2)17(15)27-3)10-19-18(24)13-5-4-6-14(9-13)23-11-20-21-22-23/h4-9,11H,10H2,1-3H3,(H,19,24). The molecule has 0 bridgehead atoms. The molecule has 2 aromatic carbocycles. The predicted molar refractivity (Wildman–Crippen MR) is 96.4 cm³/mol. The first-order valence-corrected chi connectivity index (χ1v) is 8.06. The molecule has 0 aliphatic heterocycles. The Balaban J connectivity index is 1.75. The zero-order valence-electron chi connectivity index (χ0n) is 15.2. The van der Waals surface area contributed by atoms with Gasteiger partial charge < -0.3 is 19.5 Å². The molecular formula is C18H19N5O4. The Hall–Kier alpha value is -3.62. The second-order valence-electron chi connectivity index (χ2n) is 5.52. The van der Waals surface area contributed by atoms with Gasteiger partial charge in [-0.05, 0) is 46.3 Å². The van der Waals surface area contributed by atoms with Gasteiger partial charge in [-0.2, -0.15) is 0 Å². The Bertz CT molecular complexity index is 902. The molecule has 1 heterocycles. The number of methoxy groups -OCH3 is 3. The quantitative estimate of drug-likeness (QED) is 0.675. The predicted octanol–water partition coefficient (Wildman–Crippen LogP) is 1.62. The van der Waals surface area contributed by atoms with Crippen LogP contribution in [0.4, 0.5) is 0 Å². The number of hydrogen-bond donors (Lipinski definition) is 1. The Kier molecular flexibility index (Phi) is 5.50. The van der Waals surface area contributed by atoms with Gasteiger partial charge in [-0.25, -0.2) is 4.68 Å². The molecule has 9 heteroatoms. The largest absolute Gasteiger partial charge is 0.493 e. The van der Waals surface area contributed by atoms with Gasteiger partial charge in [0.2, 0.25) is 5.75 Å². The van der Waals surface area contributed by atoms with Crippen molar-refractivity contribution < 1.29 is 19.0 Å². The van der Waals surface area contributed by atoms with Crippen molar-refractivity contribution in [2.75, 3.05) is 21.3 Å². The summed E-state index contributed by atoms with van der Waals surface area (Å²) in [7, 11) is 4.63. The third-order valence-corrected chi connectivity index (χ3v) is 3.90. The van der Waals surface area contributed by atoms with E-state index in [1.165, 1.54) is 11.0 Å². The van der Waals surface area contributed by atoms with Crippen LogP contribution in [0.25, 0.3) is 5.69 Å². The minimum absolute atomic E-state index is 0.223. The Morgan fingerprint density at radius 2 is 1.81 bits per heavy atom. The number of amides is 1. The highest BCUT2D eigenvalue weighted by molar-refractivity contribution is 5.94. The lowest BCUT2D eigenvalue weighted by Gasteiger charge is -2.14.